The van der Waals surface area contributed by atoms with E-state index in [0.29, 0.717) is 12.1 Å². The fraction of sp³-hybridized carbons (Fsp3) is 0.0588. The molecule has 1 N–H and O–H groups in total. The Bertz CT molecular complexity index is 748. The largest absolute Gasteiger partial charge is 0.380 e. The number of benzene rings is 3. The SMILES string of the molecule is Fc1ccc(CNc2cccc3ccccc23)cc1F. The van der Waals surface area contributed by atoms with Crippen molar-refractivity contribution in [1.29, 1.82) is 0 Å². The molecule has 3 heteroatoms. The minimum Gasteiger partial charge on any atom is -0.380 e. The molecule has 100 valence electrons. The Labute approximate surface area is 115 Å². The van der Waals surface area contributed by atoms with Crippen molar-refractivity contribution < 1.29 is 8.78 Å². The van der Waals surface area contributed by atoms with Gasteiger partial charge in [0.25, 0.3) is 0 Å². The molecule has 0 heterocycles. The van der Waals surface area contributed by atoms with E-state index >= 15 is 0 Å². The Hall–Kier alpha value is -2.42. The van der Waals surface area contributed by atoms with Gasteiger partial charge < -0.3 is 5.32 Å². The third-order valence-corrected chi connectivity index (χ3v) is 3.26. The van der Waals surface area contributed by atoms with Crippen LogP contribution in [0.25, 0.3) is 10.8 Å². The number of rotatable bonds is 3. The first kappa shape index (κ1) is 12.6. The highest BCUT2D eigenvalue weighted by molar-refractivity contribution is 5.93. The second-order valence-corrected chi connectivity index (χ2v) is 4.63. The molecule has 0 bridgehead atoms. The second kappa shape index (κ2) is 5.29. The molecule has 0 spiro atoms. The van der Waals surface area contributed by atoms with Crippen molar-refractivity contribution in [3.8, 4) is 0 Å². The van der Waals surface area contributed by atoms with Crippen LogP contribution in [0.1, 0.15) is 5.56 Å². The van der Waals surface area contributed by atoms with Crippen LogP contribution in [0.3, 0.4) is 0 Å². The standard InChI is InChI=1S/C17H13F2N/c18-15-9-8-12(10-16(15)19)11-20-17-7-3-5-13-4-1-2-6-14(13)17/h1-10,20H,11H2. The number of hydrogen-bond donors (Lipinski definition) is 1. The zero-order valence-electron chi connectivity index (χ0n) is 10.7. The zero-order valence-corrected chi connectivity index (χ0v) is 10.7. The maximum absolute atomic E-state index is 13.2. The van der Waals surface area contributed by atoms with Crippen LogP contribution in [0.15, 0.2) is 60.7 Å². The number of hydrogen-bond acceptors (Lipinski definition) is 1. The van der Waals surface area contributed by atoms with Crippen LogP contribution < -0.4 is 5.32 Å². The van der Waals surface area contributed by atoms with Gasteiger partial charge in [-0.05, 0) is 29.1 Å². The predicted octanol–water partition coefficient (Wildman–Crippen LogP) is 4.73. The molecule has 3 aromatic carbocycles. The van der Waals surface area contributed by atoms with Gasteiger partial charge in [0.1, 0.15) is 0 Å². The van der Waals surface area contributed by atoms with Gasteiger partial charge in [0, 0.05) is 17.6 Å². The molecular formula is C17H13F2N. The van der Waals surface area contributed by atoms with Crippen LogP contribution in [0.4, 0.5) is 14.5 Å². The average molecular weight is 269 g/mol. The van der Waals surface area contributed by atoms with Gasteiger partial charge in [0.15, 0.2) is 11.6 Å². The van der Waals surface area contributed by atoms with E-state index in [1.807, 2.05) is 42.5 Å². The summed E-state index contributed by atoms with van der Waals surface area (Å²) in [6.07, 6.45) is 0. The van der Waals surface area contributed by atoms with E-state index in [1.54, 1.807) is 6.07 Å². The summed E-state index contributed by atoms with van der Waals surface area (Å²) in [7, 11) is 0. The van der Waals surface area contributed by atoms with Crippen molar-refractivity contribution in [2.45, 2.75) is 6.54 Å². The molecule has 0 aliphatic carbocycles. The van der Waals surface area contributed by atoms with Crippen LogP contribution in [0.5, 0.6) is 0 Å². The third-order valence-electron chi connectivity index (χ3n) is 3.26. The Morgan fingerprint density at radius 3 is 2.45 bits per heavy atom. The van der Waals surface area contributed by atoms with E-state index in [1.165, 1.54) is 6.07 Å². The highest BCUT2D eigenvalue weighted by Gasteiger charge is 2.03. The lowest BCUT2D eigenvalue weighted by Crippen LogP contribution is -2.01. The number of fused-ring (bicyclic) bond motifs is 1. The molecule has 1 nitrogen and oxygen atoms in total. The normalized spacial score (nSPS) is 10.7. The lowest BCUT2D eigenvalue weighted by atomic mass is 10.1. The maximum atomic E-state index is 13.2. The first-order chi connectivity index (χ1) is 9.74. The van der Waals surface area contributed by atoms with E-state index < -0.39 is 11.6 Å². The van der Waals surface area contributed by atoms with Crippen molar-refractivity contribution >= 4 is 16.5 Å². The van der Waals surface area contributed by atoms with E-state index in [9.17, 15) is 8.78 Å². The van der Waals surface area contributed by atoms with Crippen molar-refractivity contribution in [2.24, 2.45) is 0 Å². The molecule has 0 unspecified atom stereocenters. The van der Waals surface area contributed by atoms with Crippen molar-refractivity contribution in [3.05, 3.63) is 77.9 Å². The van der Waals surface area contributed by atoms with Crippen molar-refractivity contribution in [2.75, 3.05) is 5.32 Å². The van der Waals surface area contributed by atoms with E-state index in [2.05, 4.69) is 5.32 Å². The average Bonchev–Trinajstić information content (AvgIpc) is 2.48. The van der Waals surface area contributed by atoms with Crippen molar-refractivity contribution in [1.82, 2.24) is 0 Å². The highest BCUT2D eigenvalue weighted by Crippen LogP contribution is 2.23. The van der Waals surface area contributed by atoms with Crippen LogP contribution >= 0.6 is 0 Å². The van der Waals surface area contributed by atoms with Crippen LogP contribution in [0.2, 0.25) is 0 Å². The van der Waals surface area contributed by atoms with Gasteiger partial charge in [0.05, 0.1) is 0 Å². The molecule has 0 atom stereocenters. The smallest absolute Gasteiger partial charge is 0.159 e. The van der Waals surface area contributed by atoms with Gasteiger partial charge in [-0.1, -0.05) is 42.5 Å². The number of halogens is 2. The van der Waals surface area contributed by atoms with Gasteiger partial charge in [0.2, 0.25) is 0 Å². The fourth-order valence-corrected chi connectivity index (χ4v) is 2.23. The Morgan fingerprint density at radius 1 is 0.800 bits per heavy atom. The monoisotopic (exact) mass is 269 g/mol. The summed E-state index contributed by atoms with van der Waals surface area (Å²) >= 11 is 0. The van der Waals surface area contributed by atoms with Gasteiger partial charge >= 0.3 is 0 Å². The van der Waals surface area contributed by atoms with Crippen LogP contribution in [-0.2, 0) is 6.54 Å². The molecule has 0 radical (unpaired) electrons. The highest BCUT2D eigenvalue weighted by atomic mass is 19.2. The molecule has 3 rings (SSSR count). The van der Waals surface area contributed by atoms with E-state index in [-0.39, 0.29) is 0 Å². The predicted molar refractivity (Wildman–Crippen MR) is 77.6 cm³/mol. The summed E-state index contributed by atoms with van der Waals surface area (Å²) in [5.41, 5.74) is 1.68. The van der Waals surface area contributed by atoms with Crippen LogP contribution in [-0.4, -0.2) is 0 Å². The fourth-order valence-electron chi connectivity index (χ4n) is 2.23. The molecular weight excluding hydrogens is 256 g/mol. The molecule has 0 aliphatic rings. The van der Waals surface area contributed by atoms with Crippen molar-refractivity contribution in [3.63, 3.8) is 0 Å². The van der Waals surface area contributed by atoms with Gasteiger partial charge in [-0.2, -0.15) is 0 Å². The topological polar surface area (TPSA) is 12.0 Å². The summed E-state index contributed by atoms with van der Waals surface area (Å²) in [4.78, 5) is 0. The summed E-state index contributed by atoms with van der Waals surface area (Å²) in [5, 5.41) is 5.51. The summed E-state index contributed by atoms with van der Waals surface area (Å²) in [5.74, 6) is -1.64. The molecule has 20 heavy (non-hydrogen) atoms. The molecule has 0 aromatic heterocycles. The first-order valence-corrected chi connectivity index (χ1v) is 6.39. The maximum Gasteiger partial charge on any atom is 0.159 e. The lowest BCUT2D eigenvalue weighted by molar-refractivity contribution is 0.507. The molecule has 0 aliphatic heterocycles. The van der Waals surface area contributed by atoms with Gasteiger partial charge in [-0.25, -0.2) is 8.78 Å². The molecule has 0 fully saturated rings. The Balaban J connectivity index is 1.85. The van der Waals surface area contributed by atoms with Gasteiger partial charge in [-0.15, -0.1) is 0 Å². The number of nitrogens with one attached hydrogen (secondary N) is 1. The van der Waals surface area contributed by atoms with E-state index in [4.69, 9.17) is 0 Å². The molecule has 0 saturated carbocycles. The number of anilines is 1. The Morgan fingerprint density at radius 2 is 1.60 bits per heavy atom. The summed E-state index contributed by atoms with van der Waals surface area (Å²) in [6, 6.07) is 18.0. The summed E-state index contributed by atoms with van der Waals surface area (Å²) < 4.78 is 26.0. The Kier molecular flexibility index (Phi) is 3.33. The quantitative estimate of drug-likeness (QED) is 0.724. The minimum absolute atomic E-state index is 0.450. The lowest BCUT2D eigenvalue weighted by Gasteiger charge is -2.10. The molecule has 0 amide bonds. The molecule has 3 aromatic rings. The second-order valence-electron chi connectivity index (χ2n) is 4.63. The zero-order chi connectivity index (χ0) is 13.9. The van der Waals surface area contributed by atoms with Crippen LogP contribution in [0, 0.1) is 11.6 Å². The third kappa shape index (κ3) is 2.48. The van der Waals surface area contributed by atoms with Gasteiger partial charge in [-0.3, -0.25) is 0 Å². The minimum atomic E-state index is -0.820. The van der Waals surface area contributed by atoms with E-state index in [0.717, 1.165) is 22.5 Å². The molecule has 0 saturated heterocycles. The summed E-state index contributed by atoms with van der Waals surface area (Å²) in [6.45, 7) is 0.450. The first-order valence-electron chi connectivity index (χ1n) is 6.39.